The fourth-order valence-corrected chi connectivity index (χ4v) is 1.61. The summed E-state index contributed by atoms with van der Waals surface area (Å²) in [5.41, 5.74) is 2.43. The Kier molecular flexibility index (Phi) is 6.71. The lowest BCUT2D eigenvalue weighted by atomic mass is 10.0. The van der Waals surface area contributed by atoms with E-state index in [1.807, 2.05) is 12.1 Å². The van der Waals surface area contributed by atoms with Gasteiger partial charge in [0.2, 0.25) is 0 Å². The molecular formula is C17H24N2O. The molecule has 0 aliphatic heterocycles. The molecule has 1 aromatic heterocycles. The Morgan fingerprint density at radius 3 is 2.00 bits per heavy atom. The van der Waals surface area contributed by atoms with Gasteiger partial charge in [-0.3, -0.25) is 0 Å². The van der Waals surface area contributed by atoms with Gasteiger partial charge >= 0.3 is 6.01 Å². The maximum atomic E-state index is 4.88. The van der Waals surface area contributed by atoms with Gasteiger partial charge in [-0.05, 0) is 23.5 Å². The molecule has 0 aliphatic carbocycles. The number of ether oxygens (including phenoxy) is 1. The van der Waals surface area contributed by atoms with Crippen molar-refractivity contribution in [2.45, 2.75) is 39.5 Å². The molecule has 0 fully saturated rings. The lowest BCUT2D eigenvalue weighted by Crippen LogP contribution is -1.97. The number of rotatable bonds is 3. The van der Waals surface area contributed by atoms with Crippen LogP contribution in [0.25, 0.3) is 0 Å². The molecule has 0 aliphatic rings. The largest absolute Gasteiger partial charge is 0.467 e. The van der Waals surface area contributed by atoms with Crippen molar-refractivity contribution in [2.24, 2.45) is 0 Å². The lowest BCUT2D eigenvalue weighted by molar-refractivity contribution is 0.377. The van der Waals surface area contributed by atoms with Gasteiger partial charge in [-0.1, -0.05) is 58.0 Å². The van der Waals surface area contributed by atoms with Crippen molar-refractivity contribution in [3.8, 4) is 6.01 Å². The van der Waals surface area contributed by atoms with E-state index >= 15 is 0 Å². The van der Waals surface area contributed by atoms with Crippen molar-refractivity contribution < 1.29 is 4.74 Å². The van der Waals surface area contributed by atoms with E-state index < -0.39 is 0 Å². The SMILES string of the molecule is CC(C)c1ccccc1.COc1nccc(C(C)C)n1. The predicted molar refractivity (Wildman–Crippen MR) is 83.2 cm³/mol. The van der Waals surface area contributed by atoms with Gasteiger partial charge in [0.25, 0.3) is 0 Å². The molecule has 0 saturated heterocycles. The Hall–Kier alpha value is -1.90. The Morgan fingerprint density at radius 2 is 1.55 bits per heavy atom. The van der Waals surface area contributed by atoms with Crippen molar-refractivity contribution in [3.05, 3.63) is 53.9 Å². The van der Waals surface area contributed by atoms with Crippen LogP contribution in [0.5, 0.6) is 6.01 Å². The van der Waals surface area contributed by atoms with Crippen LogP contribution in [-0.4, -0.2) is 17.1 Å². The monoisotopic (exact) mass is 272 g/mol. The van der Waals surface area contributed by atoms with Crippen LogP contribution in [0, 0.1) is 0 Å². The van der Waals surface area contributed by atoms with Crippen molar-refractivity contribution in [3.63, 3.8) is 0 Å². The highest BCUT2D eigenvalue weighted by atomic mass is 16.5. The van der Waals surface area contributed by atoms with E-state index in [1.54, 1.807) is 13.3 Å². The maximum Gasteiger partial charge on any atom is 0.316 e. The van der Waals surface area contributed by atoms with Crippen LogP contribution in [-0.2, 0) is 0 Å². The van der Waals surface area contributed by atoms with Gasteiger partial charge < -0.3 is 4.74 Å². The molecule has 0 N–H and O–H groups in total. The summed E-state index contributed by atoms with van der Waals surface area (Å²) >= 11 is 0. The molecule has 2 rings (SSSR count). The molecule has 1 heterocycles. The second kappa shape index (κ2) is 8.31. The molecule has 1 aromatic carbocycles. The summed E-state index contributed by atoms with van der Waals surface area (Å²) in [4.78, 5) is 8.06. The molecule has 0 amide bonds. The third-order valence-electron chi connectivity index (χ3n) is 2.90. The number of benzene rings is 1. The Bertz CT molecular complexity index is 495. The zero-order valence-corrected chi connectivity index (χ0v) is 13.0. The van der Waals surface area contributed by atoms with Crippen molar-refractivity contribution in [1.29, 1.82) is 0 Å². The molecule has 20 heavy (non-hydrogen) atoms. The van der Waals surface area contributed by atoms with Crippen LogP contribution in [0.15, 0.2) is 42.6 Å². The molecule has 0 spiro atoms. The van der Waals surface area contributed by atoms with Crippen molar-refractivity contribution in [2.75, 3.05) is 7.11 Å². The minimum absolute atomic E-state index is 0.423. The van der Waals surface area contributed by atoms with Crippen molar-refractivity contribution >= 4 is 0 Å². The third-order valence-corrected chi connectivity index (χ3v) is 2.90. The molecule has 3 nitrogen and oxygen atoms in total. The lowest BCUT2D eigenvalue weighted by Gasteiger charge is -2.03. The van der Waals surface area contributed by atoms with Crippen LogP contribution < -0.4 is 4.74 Å². The van der Waals surface area contributed by atoms with Crippen LogP contribution in [0.2, 0.25) is 0 Å². The van der Waals surface area contributed by atoms with E-state index in [9.17, 15) is 0 Å². The average molecular weight is 272 g/mol. The minimum Gasteiger partial charge on any atom is -0.467 e. The average Bonchev–Trinajstić information content (AvgIpc) is 2.49. The minimum atomic E-state index is 0.423. The quantitative estimate of drug-likeness (QED) is 0.829. The van der Waals surface area contributed by atoms with E-state index in [-0.39, 0.29) is 0 Å². The van der Waals surface area contributed by atoms with E-state index in [0.29, 0.717) is 17.8 Å². The Morgan fingerprint density at radius 1 is 0.900 bits per heavy atom. The first-order valence-electron chi connectivity index (χ1n) is 6.96. The van der Waals surface area contributed by atoms with Gasteiger partial charge in [-0.25, -0.2) is 9.97 Å². The summed E-state index contributed by atoms with van der Waals surface area (Å²) in [7, 11) is 1.57. The van der Waals surface area contributed by atoms with E-state index in [2.05, 4.69) is 61.9 Å². The van der Waals surface area contributed by atoms with E-state index in [1.165, 1.54) is 5.56 Å². The zero-order chi connectivity index (χ0) is 15.0. The first-order valence-corrected chi connectivity index (χ1v) is 6.96. The second-order valence-electron chi connectivity index (χ2n) is 5.19. The molecule has 3 heteroatoms. The van der Waals surface area contributed by atoms with Gasteiger partial charge in [0.15, 0.2) is 0 Å². The summed E-state index contributed by atoms with van der Waals surface area (Å²) in [5, 5.41) is 0. The molecule has 0 unspecified atom stereocenters. The maximum absolute atomic E-state index is 4.88. The van der Waals surface area contributed by atoms with Crippen molar-refractivity contribution in [1.82, 2.24) is 9.97 Å². The fraction of sp³-hybridized carbons (Fsp3) is 0.412. The summed E-state index contributed by atoms with van der Waals surface area (Å²) < 4.78 is 4.88. The smallest absolute Gasteiger partial charge is 0.316 e. The molecule has 2 aromatic rings. The number of methoxy groups -OCH3 is 1. The number of nitrogens with zero attached hydrogens (tertiary/aromatic N) is 2. The van der Waals surface area contributed by atoms with Gasteiger partial charge in [0.1, 0.15) is 0 Å². The molecule has 0 radical (unpaired) electrons. The summed E-state index contributed by atoms with van der Waals surface area (Å²) in [6, 6.07) is 12.9. The number of hydrogen-bond acceptors (Lipinski definition) is 3. The summed E-state index contributed by atoms with van der Waals surface area (Å²) in [5.74, 6) is 1.08. The number of hydrogen-bond donors (Lipinski definition) is 0. The van der Waals surface area contributed by atoms with Crippen LogP contribution in [0.1, 0.15) is 50.8 Å². The predicted octanol–water partition coefficient (Wildman–Crippen LogP) is 4.42. The highest BCUT2D eigenvalue weighted by molar-refractivity contribution is 5.17. The van der Waals surface area contributed by atoms with Crippen LogP contribution >= 0.6 is 0 Å². The van der Waals surface area contributed by atoms with E-state index in [4.69, 9.17) is 4.74 Å². The van der Waals surface area contributed by atoms with Gasteiger partial charge in [0.05, 0.1) is 12.8 Å². The summed E-state index contributed by atoms with van der Waals surface area (Å²) in [6.45, 7) is 8.58. The molecule has 0 bridgehead atoms. The van der Waals surface area contributed by atoms with Gasteiger partial charge in [-0.15, -0.1) is 0 Å². The third kappa shape index (κ3) is 5.39. The highest BCUT2D eigenvalue weighted by Crippen LogP contribution is 2.12. The van der Waals surface area contributed by atoms with Gasteiger partial charge in [0, 0.05) is 6.20 Å². The Balaban J connectivity index is 0.000000204. The fourth-order valence-electron chi connectivity index (χ4n) is 1.61. The highest BCUT2D eigenvalue weighted by Gasteiger charge is 2.01. The van der Waals surface area contributed by atoms with E-state index in [0.717, 1.165) is 5.69 Å². The molecule has 0 saturated carbocycles. The molecule has 0 atom stereocenters. The van der Waals surface area contributed by atoms with Crippen LogP contribution in [0.4, 0.5) is 0 Å². The number of aromatic nitrogens is 2. The first-order chi connectivity index (χ1) is 9.54. The standard InChI is InChI=1S/C9H12.C8H12N2O/c1-8(2)9-6-4-3-5-7-9;1-6(2)7-4-5-9-8(10-7)11-3/h3-8H,1-2H3;4-6H,1-3H3. The topological polar surface area (TPSA) is 35.0 Å². The zero-order valence-electron chi connectivity index (χ0n) is 13.0. The first kappa shape index (κ1) is 16.2. The van der Waals surface area contributed by atoms with Crippen LogP contribution in [0.3, 0.4) is 0 Å². The second-order valence-corrected chi connectivity index (χ2v) is 5.19. The van der Waals surface area contributed by atoms with Gasteiger partial charge in [-0.2, -0.15) is 0 Å². The normalized spacial score (nSPS) is 10.2. The Labute approximate surface area is 122 Å². The molecule has 108 valence electrons. The molecular weight excluding hydrogens is 248 g/mol. The summed E-state index contributed by atoms with van der Waals surface area (Å²) in [6.07, 6.45) is 1.71.